The van der Waals surface area contributed by atoms with Crippen LogP contribution in [0.5, 0.6) is 0 Å². The Morgan fingerprint density at radius 3 is 2.64 bits per heavy atom. The Morgan fingerprint density at radius 2 is 1.95 bits per heavy atom. The summed E-state index contributed by atoms with van der Waals surface area (Å²) < 4.78 is 6.65. The number of imidazole rings is 1. The maximum atomic E-state index is 13.4. The zero-order valence-electron chi connectivity index (χ0n) is 23.6. The first-order chi connectivity index (χ1) is 20.3. The molecule has 2 aromatic carbocycles. The second kappa shape index (κ2) is 14.7. The maximum absolute atomic E-state index is 13.4. The zero-order chi connectivity index (χ0) is 30.1. The number of carbonyl (C=O) groups is 2. The Balaban J connectivity index is 1.61. The molecular formula is C29H32Cl2N8O3. The second-order valence-electron chi connectivity index (χ2n) is 9.58. The van der Waals surface area contributed by atoms with Crippen molar-refractivity contribution >= 4 is 41.1 Å². The maximum Gasteiger partial charge on any atom is 0.244 e. The largest absolute Gasteiger partial charge is 0.383 e. The van der Waals surface area contributed by atoms with Crippen molar-refractivity contribution < 1.29 is 14.3 Å². The van der Waals surface area contributed by atoms with Gasteiger partial charge in [0.25, 0.3) is 0 Å². The fourth-order valence-corrected chi connectivity index (χ4v) is 4.74. The molecule has 220 valence electrons. The van der Waals surface area contributed by atoms with Gasteiger partial charge in [-0.2, -0.15) is 4.68 Å². The lowest BCUT2D eigenvalue weighted by molar-refractivity contribution is -0.132. The molecule has 0 aliphatic carbocycles. The highest BCUT2D eigenvalue weighted by atomic mass is 35.5. The molecule has 0 spiro atoms. The number of hydrogen-bond donors (Lipinski definition) is 2. The standard InChI is InChI=1S/C29H32Cl2N8O3/c1-4-13-38(14-15-42-3)26(41)17-23(29-34-27(28(31)35-29)20-7-5-19(2)6-8-20)33-25(40)12-9-21-16-22(30)10-11-24(21)39-18-32-36-37-39/h5-12,16,18,23H,4,13-15,17H2,1-3H3,(H,33,40)(H,34,35)/b12-9+/t23-/m0/s1. The van der Waals surface area contributed by atoms with Crippen molar-refractivity contribution in [2.75, 3.05) is 26.8 Å². The summed E-state index contributed by atoms with van der Waals surface area (Å²) in [5.74, 6) is -0.229. The van der Waals surface area contributed by atoms with Crippen LogP contribution < -0.4 is 5.32 Å². The van der Waals surface area contributed by atoms with Gasteiger partial charge in [-0.1, -0.05) is 60.0 Å². The fourth-order valence-electron chi connectivity index (χ4n) is 4.31. The van der Waals surface area contributed by atoms with Gasteiger partial charge in [0.1, 0.15) is 23.0 Å². The van der Waals surface area contributed by atoms with E-state index in [1.807, 2.05) is 38.1 Å². The number of aromatic amines is 1. The van der Waals surface area contributed by atoms with Gasteiger partial charge in [0.05, 0.1) is 24.8 Å². The van der Waals surface area contributed by atoms with Gasteiger partial charge < -0.3 is 19.9 Å². The molecule has 13 heteroatoms. The van der Waals surface area contributed by atoms with E-state index in [4.69, 9.17) is 32.9 Å². The number of benzene rings is 2. The van der Waals surface area contributed by atoms with E-state index in [-0.39, 0.29) is 12.3 Å². The van der Waals surface area contributed by atoms with Gasteiger partial charge in [-0.15, -0.1) is 5.10 Å². The van der Waals surface area contributed by atoms with E-state index < -0.39 is 11.9 Å². The van der Waals surface area contributed by atoms with Gasteiger partial charge in [0.2, 0.25) is 11.8 Å². The number of hydrogen-bond acceptors (Lipinski definition) is 7. The molecule has 0 unspecified atom stereocenters. The summed E-state index contributed by atoms with van der Waals surface area (Å²) >= 11 is 12.8. The molecule has 2 aromatic heterocycles. The van der Waals surface area contributed by atoms with Crippen molar-refractivity contribution in [1.29, 1.82) is 0 Å². The molecule has 2 heterocycles. The molecular weight excluding hydrogens is 579 g/mol. The van der Waals surface area contributed by atoms with Crippen LogP contribution in [-0.4, -0.2) is 73.7 Å². The molecule has 4 aromatic rings. The number of carbonyl (C=O) groups excluding carboxylic acids is 2. The highest BCUT2D eigenvalue weighted by molar-refractivity contribution is 6.32. The highest BCUT2D eigenvalue weighted by Gasteiger charge is 2.25. The highest BCUT2D eigenvalue weighted by Crippen LogP contribution is 2.29. The molecule has 0 saturated heterocycles. The summed E-state index contributed by atoms with van der Waals surface area (Å²) in [4.78, 5) is 36.1. The third-order valence-corrected chi connectivity index (χ3v) is 6.95. The van der Waals surface area contributed by atoms with E-state index in [1.54, 1.807) is 36.3 Å². The summed E-state index contributed by atoms with van der Waals surface area (Å²) in [7, 11) is 1.59. The third-order valence-electron chi connectivity index (χ3n) is 6.44. The molecule has 42 heavy (non-hydrogen) atoms. The number of rotatable bonds is 13. The van der Waals surface area contributed by atoms with E-state index in [0.717, 1.165) is 17.5 Å². The number of halogens is 2. The minimum absolute atomic E-state index is 0.0342. The van der Waals surface area contributed by atoms with Gasteiger partial charge in [-0.05, 0) is 48.0 Å². The molecule has 1 atom stereocenters. The Kier molecular flexibility index (Phi) is 10.8. The van der Waals surface area contributed by atoms with Crippen LogP contribution in [0.3, 0.4) is 0 Å². The van der Waals surface area contributed by atoms with E-state index in [2.05, 4.69) is 25.8 Å². The quantitative estimate of drug-likeness (QED) is 0.208. The predicted octanol–water partition coefficient (Wildman–Crippen LogP) is 4.81. The van der Waals surface area contributed by atoms with Crippen molar-refractivity contribution in [2.24, 2.45) is 0 Å². The van der Waals surface area contributed by atoms with Gasteiger partial charge in [-0.25, -0.2) is 4.98 Å². The average Bonchev–Trinajstić information content (AvgIpc) is 3.64. The van der Waals surface area contributed by atoms with E-state index >= 15 is 0 Å². The molecule has 11 nitrogen and oxygen atoms in total. The summed E-state index contributed by atoms with van der Waals surface area (Å²) in [5.41, 5.74) is 3.70. The molecule has 0 aliphatic heterocycles. The summed E-state index contributed by atoms with van der Waals surface area (Å²) in [6, 6.07) is 12.1. The summed E-state index contributed by atoms with van der Waals surface area (Å²) in [6.07, 6.45) is 5.15. The van der Waals surface area contributed by atoms with Crippen LogP contribution in [0, 0.1) is 6.92 Å². The first-order valence-electron chi connectivity index (χ1n) is 13.4. The topological polar surface area (TPSA) is 131 Å². The molecule has 0 bridgehead atoms. The van der Waals surface area contributed by atoms with E-state index in [9.17, 15) is 9.59 Å². The van der Waals surface area contributed by atoms with Crippen molar-refractivity contribution in [1.82, 2.24) is 40.4 Å². The number of methoxy groups -OCH3 is 1. The Labute approximate surface area is 253 Å². The van der Waals surface area contributed by atoms with Gasteiger partial charge in [-0.3, -0.25) is 9.59 Å². The molecule has 0 aliphatic rings. The van der Waals surface area contributed by atoms with Crippen LogP contribution in [-0.2, 0) is 14.3 Å². The SMILES string of the molecule is CCCN(CCOC)C(=O)C[C@H](NC(=O)/C=C/c1cc(Cl)ccc1-n1cnnn1)c1nc(-c2ccc(C)cc2)c(Cl)[nH]1. The van der Waals surface area contributed by atoms with Gasteiger partial charge in [0.15, 0.2) is 0 Å². The van der Waals surface area contributed by atoms with Crippen LogP contribution >= 0.6 is 23.2 Å². The van der Waals surface area contributed by atoms with Crippen LogP contribution in [0.25, 0.3) is 23.0 Å². The number of aromatic nitrogens is 6. The van der Waals surface area contributed by atoms with Gasteiger partial charge in [0, 0.05) is 42.4 Å². The Morgan fingerprint density at radius 1 is 1.17 bits per heavy atom. The number of aryl methyl sites for hydroxylation is 1. The molecule has 0 saturated carbocycles. The second-order valence-corrected chi connectivity index (χ2v) is 10.4. The normalized spacial score (nSPS) is 12.0. The number of nitrogens with one attached hydrogen (secondary N) is 2. The minimum atomic E-state index is -0.786. The number of ether oxygens (including phenoxy) is 1. The monoisotopic (exact) mass is 610 g/mol. The molecule has 0 fully saturated rings. The number of amides is 2. The summed E-state index contributed by atoms with van der Waals surface area (Å²) in [6.45, 7) is 5.39. The molecule has 0 radical (unpaired) electrons. The molecule has 4 rings (SSSR count). The van der Waals surface area contributed by atoms with E-state index in [1.165, 1.54) is 17.1 Å². The first kappa shape index (κ1) is 30.9. The lowest BCUT2D eigenvalue weighted by atomic mass is 10.1. The van der Waals surface area contributed by atoms with Crippen molar-refractivity contribution in [3.05, 3.63) is 82.0 Å². The molecule has 2 N–H and O–H groups in total. The molecule has 2 amide bonds. The van der Waals surface area contributed by atoms with Crippen molar-refractivity contribution in [3.8, 4) is 16.9 Å². The smallest absolute Gasteiger partial charge is 0.244 e. The average molecular weight is 612 g/mol. The van der Waals surface area contributed by atoms with Crippen molar-refractivity contribution in [2.45, 2.75) is 32.7 Å². The number of H-pyrrole nitrogens is 1. The Hall–Kier alpha value is -4.06. The van der Waals surface area contributed by atoms with Gasteiger partial charge >= 0.3 is 0 Å². The van der Waals surface area contributed by atoms with E-state index in [0.29, 0.717) is 52.6 Å². The third kappa shape index (κ3) is 8.03. The lowest BCUT2D eigenvalue weighted by Crippen LogP contribution is -2.38. The Bertz CT molecular complexity index is 1520. The number of tetrazole rings is 1. The van der Waals surface area contributed by atoms with Crippen LogP contribution in [0.2, 0.25) is 10.2 Å². The minimum Gasteiger partial charge on any atom is -0.383 e. The van der Waals surface area contributed by atoms with Crippen LogP contribution in [0.4, 0.5) is 0 Å². The zero-order valence-corrected chi connectivity index (χ0v) is 25.1. The first-order valence-corrected chi connectivity index (χ1v) is 14.1. The van der Waals surface area contributed by atoms with Crippen LogP contribution in [0.15, 0.2) is 54.9 Å². The fraction of sp³-hybridized carbons (Fsp3) is 0.310. The van der Waals surface area contributed by atoms with Crippen LogP contribution in [0.1, 0.15) is 42.8 Å². The lowest BCUT2D eigenvalue weighted by Gasteiger charge is -2.24. The summed E-state index contributed by atoms with van der Waals surface area (Å²) in [5, 5.41) is 15.0. The predicted molar refractivity (Wildman–Crippen MR) is 161 cm³/mol. The number of nitrogens with zero attached hydrogens (tertiary/aromatic N) is 6. The van der Waals surface area contributed by atoms with Crippen molar-refractivity contribution in [3.63, 3.8) is 0 Å².